The number of nitrogens with two attached hydrogens (primary N) is 1. The molecule has 0 amide bonds. The molecule has 0 radical (unpaired) electrons. The zero-order valence-electron chi connectivity index (χ0n) is 8.42. The van der Waals surface area contributed by atoms with Crippen molar-refractivity contribution in [3.8, 4) is 0 Å². The van der Waals surface area contributed by atoms with Gasteiger partial charge in [0.05, 0.1) is 0 Å². The number of hydrogen-bond acceptors (Lipinski definition) is 5. The van der Waals surface area contributed by atoms with Crippen LogP contribution >= 0.6 is 0 Å². The minimum atomic E-state index is -3.30. The van der Waals surface area contributed by atoms with Gasteiger partial charge in [0.25, 0.3) is 0 Å². The van der Waals surface area contributed by atoms with Gasteiger partial charge in [0, 0.05) is 25.1 Å². The summed E-state index contributed by atoms with van der Waals surface area (Å²) in [5, 5.41) is 8.72. The van der Waals surface area contributed by atoms with E-state index in [4.69, 9.17) is 10.8 Å². The number of pyridine rings is 1. The molecule has 0 saturated heterocycles. The second kappa shape index (κ2) is 4.69. The standard InChI is InChI=1S/C9H14N2O3S/c1-15(13,14)9-6-7(2-4-11-9)8(10)3-5-12/h2,4,6,8,12H,3,5,10H2,1H3/t8-/m0/s1. The van der Waals surface area contributed by atoms with Crippen LogP contribution < -0.4 is 5.73 Å². The molecule has 1 rings (SSSR count). The fourth-order valence-electron chi connectivity index (χ4n) is 1.16. The molecule has 6 heteroatoms. The smallest absolute Gasteiger partial charge is 0.192 e. The molecule has 0 aliphatic heterocycles. The summed E-state index contributed by atoms with van der Waals surface area (Å²) < 4.78 is 22.4. The Morgan fingerprint density at radius 1 is 1.60 bits per heavy atom. The molecule has 1 aromatic rings. The number of sulfone groups is 1. The molecule has 0 aliphatic rings. The summed E-state index contributed by atoms with van der Waals surface area (Å²) in [5.41, 5.74) is 6.40. The van der Waals surface area contributed by atoms with Crippen LogP contribution in [0.2, 0.25) is 0 Å². The Labute approximate surface area is 88.9 Å². The van der Waals surface area contributed by atoms with Crippen molar-refractivity contribution in [3.63, 3.8) is 0 Å². The molecule has 0 unspecified atom stereocenters. The van der Waals surface area contributed by atoms with Gasteiger partial charge in [0.1, 0.15) is 0 Å². The first-order valence-electron chi connectivity index (χ1n) is 4.47. The van der Waals surface area contributed by atoms with Crippen molar-refractivity contribution in [2.24, 2.45) is 5.73 Å². The second-order valence-electron chi connectivity index (χ2n) is 3.32. The molecule has 0 spiro atoms. The zero-order chi connectivity index (χ0) is 11.5. The van der Waals surface area contributed by atoms with Gasteiger partial charge in [-0.25, -0.2) is 13.4 Å². The summed E-state index contributed by atoms with van der Waals surface area (Å²) >= 11 is 0. The van der Waals surface area contributed by atoms with Crippen molar-refractivity contribution in [3.05, 3.63) is 23.9 Å². The van der Waals surface area contributed by atoms with Gasteiger partial charge in [-0.3, -0.25) is 0 Å². The van der Waals surface area contributed by atoms with Gasteiger partial charge in [-0.1, -0.05) is 0 Å². The Kier molecular flexibility index (Phi) is 3.78. The normalized spacial score (nSPS) is 13.8. The molecule has 0 bridgehead atoms. The highest BCUT2D eigenvalue weighted by Gasteiger charge is 2.12. The van der Waals surface area contributed by atoms with Gasteiger partial charge >= 0.3 is 0 Å². The van der Waals surface area contributed by atoms with Gasteiger partial charge in [-0.05, 0) is 24.1 Å². The number of nitrogens with zero attached hydrogens (tertiary/aromatic N) is 1. The monoisotopic (exact) mass is 230 g/mol. The van der Waals surface area contributed by atoms with Crippen molar-refractivity contribution < 1.29 is 13.5 Å². The van der Waals surface area contributed by atoms with Gasteiger partial charge in [-0.2, -0.15) is 0 Å². The lowest BCUT2D eigenvalue weighted by Crippen LogP contribution is -2.13. The molecule has 15 heavy (non-hydrogen) atoms. The van der Waals surface area contributed by atoms with Crippen molar-refractivity contribution in [2.45, 2.75) is 17.5 Å². The molecule has 1 aromatic heterocycles. The topological polar surface area (TPSA) is 93.3 Å². The largest absolute Gasteiger partial charge is 0.396 e. The van der Waals surface area contributed by atoms with Crippen LogP contribution in [-0.2, 0) is 9.84 Å². The number of aliphatic hydroxyl groups excluding tert-OH is 1. The molecule has 0 aromatic carbocycles. The van der Waals surface area contributed by atoms with Crippen LogP contribution in [0.15, 0.2) is 23.4 Å². The summed E-state index contributed by atoms with van der Waals surface area (Å²) in [5.74, 6) is 0. The Bertz CT molecular complexity index is 431. The van der Waals surface area contributed by atoms with E-state index >= 15 is 0 Å². The maximum Gasteiger partial charge on any atom is 0.192 e. The Morgan fingerprint density at radius 2 is 2.27 bits per heavy atom. The summed E-state index contributed by atoms with van der Waals surface area (Å²) in [4.78, 5) is 3.75. The third-order valence-corrected chi connectivity index (χ3v) is 2.99. The summed E-state index contributed by atoms with van der Waals surface area (Å²) in [6.45, 7) is -0.0301. The second-order valence-corrected chi connectivity index (χ2v) is 5.28. The van der Waals surface area contributed by atoms with Crippen LogP contribution in [0.3, 0.4) is 0 Å². The molecule has 0 aliphatic carbocycles. The van der Waals surface area contributed by atoms with E-state index in [1.165, 1.54) is 12.3 Å². The lowest BCUT2D eigenvalue weighted by atomic mass is 10.1. The van der Waals surface area contributed by atoms with E-state index in [9.17, 15) is 8.42 Å². The van der Waals surface area contributed by atoms with Gasteiger partial charge in [0.15, 0.2) is 14.9 Å². The highest BCUT2D eigenvalue weighted by molar-refractivity contribution is 7.90. The van der Waals surface area contributed by atoms with E-state index in [-0.39, 0.29) is 17.7 Å². The highest BCUT2D eigenvalue weighted by Crippen LogP contribution is 2.15. The van der Waals surface area contributed by atoms with E-state index < -0.39 is 9.84 Å². The highest BCUT2D eigenvalue weighted by atomic mass is 32.2. The predicted octanol–water partition coefficient (Wildman–Crippen LogP) is -0.133. The van der Waals surface area contributed by atoms with Crippen LogP contribution in [0.5, 0.6) is 0 Å². The number of aromatic nitrogens is 1. The SMILES string of the molecule is CS(=O)(=O)c1cc([C@@H](N)CCO)ccn1. The van der Waals surface area contributed by atoms with Crippen molar-refractivity contribution in [2.75, 3.05) is 12.9 Å². The van der Waals surface area contributed by atoms with Gasteiger partial charge in [-0.15, -0.1) is 0 Å². The molecular weight excluding hydrogens is 216 g/mol. The van der Waals surface area contributed by atoms with E-state index in [0.717, 1.165) is 6.26 Å². The minimum absolute atomic E-state index is 0.00777. The first kappa shape index (κ1) is 12.1. The fraction of sp³-hybridized carbons (Fsp3) is 0.444. The molecular formula is C9H14N2O3S. The molecule has 0 fully saturated rings. The lowest BCUT2D eigenvalue weighted by Gasteiger charge is -2.10. The third kappa shape index (κ3) is 3.26. The summed E-state index contributed by atoms with van der Waals surface area (Å²) in [6, 6.07) is 2.73. The van der Waals surface area contributed by atoms with E-state index in [2.05, 4.69) is 4.98 Å². The molecule has 0 saturated carbocycles. The first-order valence-corrected chi connectivity index (χ1v) is 6.36. The average molecular weight is 230 g/mol. The fourth-order valence-corrected chi connectivity index (χ4v) is 1.77. The van der Waals surface area contributed by atoms with Crippen molar-refractivity contribution in [1.29, 1.82) is 0 Å². The van der Waals surface area contributed by atoms with Crippen molar-refractivity contribution in [1.82, 2.24) is 4.98 Å². The number of hydrogen-bond donors (Lipinski definition) is 2. The van der Waals surface area contributed by atoms with Crippen LogP contribution in [0.25, 0.3) is 0 Å². The minimum Gasteiger partial charge on any atom is -0.396 e. The molecule has 84 valence electrons. The Balaban J connectivity index is 3.03. The maximum absolute atomic E-state index is 11.2. The van der Waals surface area contributed by atoms with Gasteiger partial charge < -0.3 is 10.8 Å². The average Bonchev–Trinajstić information content (AvgIpc) is 2.17. The van der Waals surface area contributed by atoms with E-state index in [1.54, 1.807) is 6.07 Å². The third-order valence-electron chi connectivity index (χ3n) is 2.01. The first-order chi connectivity index (χ1) is 6.95. The van der Waals surface area contributed by atoms with Crippen LogP contribution in [-0.4, -0.2) is 31.4 Å². The van der Waals surface area contributed by atoms with Crippen molar-refractivity contribution >= 4 is 9.84 Å². The molecule has 1 heterocycles. The van der Waals surface area contributed by atoms with Crippen LogP contribution in [0.1, 0.15) is 18.0 Å². The van der Waals surface area contributed by atoms with E-state index in [1.807, 2.05) is 0 Å². The Morgan fingerprint density at radius 3 is 2.80 bits per heavy atom. The quantitative estimate of drug-likeness (QED) is 0.751. The lowest BCUT2D eigenvalue weighted by molar-refractivity contribution is 0.276. The predicted molar refractivity (Wildman–Crippen MR) is 56.0 cm³/mol. The van der Waals surface area contributed by atoms with Crippen LogP contribution in [0.4, 0.5) is 0 Å². The molecule has 3 N–H and O–H groups in total. The molecule has 1 atom stereocenters. The zero-order valence-corrected chi connectivity index (χ0v) is 9.24. The number of aliphatic hydroxyl groups is 1. The van der Waals surface area contributed by atoms with Crippen LogP contribution in [0, 0.1) is 0 Å². The van der Waals surface area contributed by atoms with Gasteiger partial charge in [0.2, 0.25) is 0 Å². The summed E-state index contributed by atoms with van der Waals surface area (Å²) in [7, 11) is -3.30. The molecule has 5 nitrogen and oxygen atoms in total. The van der Waals surface area contributed by atoms with E-state index in [0.29, 0.717) is 12.0 Å². The Hall–Kier alpha value is -0.980. The summed E-state index contributed by atoms with van der Waals surface area (Å²) in [6.07, 6.45) is 2.90. The maximum atomic E-state index is 11.2. The number of rotatable bonds is 4.